The van der Waals surface area contributed by atoms with E-state index in [1.54, 1.807) is 13.0 Å². The van der Waals surface area contributed by atoms with Crippen molar-refractivity contribution in [3.05, 3.63) is 76.1 Å². The maximum Gasteiger partial charge on any atom is 0.358 e. The number of alkyl halides is 2. The zero-order chi connectivity index (χ0) is 32.3. The van der Waals surface area contributed by atoms with Gasteiger partial charge in [-0.15, -0.1) is 0 Å². The first-order valence-corrected chi connectivity index (χ1v) is 16.5. The standard InChI is InChI=1S/C36H42F8O/c1-2-3-30(37)34(41)25-12-17-29(31(38)18-25)24-6-4-21(5-7-24)22-8-13-27(14-9-22)36(43,44)45-28-15-10-23(11-16-28)26-19-32(39)35(42)33(40)20-26/h12,17-24,27-28H,2-11,13-16H2,1H3/b34-30+. The summed E-state index contributed by atoms with van der Waals surface area (Å²) in [6.07, 6.45) is 3.45. The lowest BCUT2D eigenvalue weighted by atomic mass is 9.68. The number of allylic oxidation sites excluding steroid dienone is 1. The van der Waals surface area contributed by atoms with Crippen molar-refractivity contribution < 1.29 is 39.9 Å². The van der Waals surface area contributed by atoms with Crippen molar-refractivity contribution in [3.63, 3.8) is 0 Å². The largest absolute Gasteiger partial charge is 0.358 e. The Bertz CT molecular complexity index is 1310. The van der Waals surface area contributed by atoms with Gasteiger partial charge in [-0.3, -0.25) is 0 Å². The van der Waals surface area contributed by atoms with Crippen molar-refractivity contribution in [3.8, 4) is 0 Å². The number of rotatable bonds is 9. The van der Waals surface area contributed by atoms with Crippen LogP contribution in [0.3, 0.4) is 0 Å². The van der Waals surface area contributed by atoms with Crippen molar-refractivity contribution in [2.75, 3.05) is 0 Å². The van der Waals surface area contributed by atoms with Gasteiger partial charge >= 0.3 is 6.11 Å². The van der Waals surface area contributed by atoms with E-state index in [1.807, 2.05) is 0 Å². The van der Waals surface area contributed by atoms with Crippen LogP contribution in [0, 0.1) is 41.0 Å². The first-order chi connectivity index (χ1) is 21.5. The molecule has 2 aromatic carbocycles. The van der Waals surface area contributed by atoms with Gasteiger partial charge < -0.3 is 4.74 Å². The van der Waals surface area contributed by atoms with Crippen LogP contribution in [0.15, 0.2) is 36.2 Å². The van der Waals surface area contributed by atoms with Gasteiger partial charge in [0.25, 0.3) is 0 Å². The Morgan fingerprint density at radius 1 is 0.711 bits per heavy atom. The van der Waals surface area contributed by atoms with E-state index in [2.05, 4.69) is 0 Å². The molecule has 0 N–H and O–H groups in total. The van der Waals surface area contributed by atoms with Crippen LogP contribution in [0.4, 0.5) is 35.1 Å². The summed E-state index contributed by atoms with van der Waals surface area (Å²) in [4.78, 5) is 0. The van der Waals surface area contributed by atoms with Crippen LogP contribution in [-0.2, 0) is 4.74 Å². The first-order valence-electron chi connectivity index (χ1n) is 16.5. The zero-order valence-electron chi connectivity index (χ0n) is 25.7. The average Bonchev–Trinajstić information content (AvgIpc) is 3.03. The Balaban J connectivity index is 1.07. The van der Waals surface area contributed by atoms with Gasteiger partial charge in [-0.05, 0) is 136 Å². The minimum absolute atomic E-state index is 0.00639. The minimum Gasteiger partial charge on any atom is -0.317 e. The fraction of sp³-hybridized carbons (Fsp3) is 0.611. The molecule has 5 rings (SSSR count). The molecule has 3 fully saturated rings. The highest BCUT2D eigenvalue weighted by Crippen LogP contribution is 2.48. The van der Waals surface area contributed by atoms with Crippen molar-refractivity contribution in [1.29, 1.82) is 0 Å². The molecule has 0 unspecified atom stereocenters. The molecule has 0 heterocycles. The normalized spacial score (nSPS) is 28.6. The second kappa shape index (κ2) is 14.6. The van der Waals surface area contributed by atoms with E-state index in [9.17, 15) is 26.3 Å². The number of halogens is 8. The second-order valence-corrected chi connectivity index (χ2v) is 13.4. The predicted octanol–water partition coefficient (Wildman–Crippen LogP) is 12.1. The van der Waals surface area contributed by atoms with E-state index in [0.29, 0.717) is 80.8 Å². The van der Waals surface area contributed by atoms with Gasteiger partial charge in [0.05, 0.1) is 12.0 Å². The van der Waals surface area contributed by atoms with Crippen LogP contribution in [0.2, 0.25) is 0 Å². The molecule has 0 aliphatic heterocycles. The Hall–Kier alpha value is -2.42. The Kier molecular flexibility index (Phi) is 11.0. The van der Waals surface area contributed by atoms with Crippen LogP contribution >= 0.6 is 0 Å². The summed E-state index contributed by atoms with van der Waals surface area (Å²) in [5.41, 5.74) is 0.779. The highest BCUT2D eigenvalue weighted by atomic mass is 19.3. The maximum absolute atomic E-state index is 15.2. The fourth-order valence-electron chi connectivity index (χ4n) is 7.95. The smallest absolute Gasteiger partial charge is 0.317 e. The van der Waals surface area contributed by atoms with Crippen LogP contribution in [0.1, 0.15) is 125 Å². The third-order valence-corrected chi connectivity index (χ3v) is 10.6. The molecule has 9 heteroatoms. The summed E-state index contributed by atoms with van der Waals surface area (Å²) in [6.45, 7) is 1.74. The molecular weight excluding hydrogens is 600 g/mol. The molecule has 0 amide bonds. The molecule has 0 aromatic heterocycles. The summed E-state index contributed by atoms with van der Waals surface area (Å²) in [5.74, 6) is -6.79. The molecule has 1 nitrogen and oxygen atoms in total. The van der Waals surface area contributed by atoms with Crippen LogP contribution in [0.25, 0.3) is 5.83 Å². The van der Waals surface area contributed by atoms with Gasteiger partial charge in [0.1, 0.15) is 11.6 Å². The Morgan fingerprint density at radius 2 is 1.27 bits per heavy atom. The van der Waals surface area contributed by atoms with Crippen molar-refractivity contribution >= 4 is 5.83 Å². The van der Waals surface area contributed by atoms with Gasteiger partial charge in [0, 0.05) is 12.0 Å². The van der Waals surface area contributed by atoms with E-state index >= 15 is 8.78 Å². The van der Waals surface area contributed by atoms with E-state index in [-0.39, 0.29) is 23.8 Å². The predicted molar refractivity (Wildman–Crippen MR) is 158 cm³/mol. The molecule has 0 bridgehead atoms. The molecule has 0 saturated heterocycles. The molecule has 0 spiro atoms. The van der Waals surface area contributed by atoms with Crippen molar-refractivity contribution in [2.45, 2.75) is 121 Å². The lowest BCUT2D eigenvalue weighted by molar-refractivity contribution is -0.301. The number of hydrogen-bond acceptors (Lipinski definition) is 1. The third kappa shape index (κ3) is 7.94. The summed E-state index contributed by atoms with van der Waals surface area (Å²) >= 11 is 0. The third-order valence-electron chi connectivity index (χ3n) is 10.6. The van der Waals surface area contributed by atoms with Crippen molar-refractivity contribution in [1.82, 2.24) is 0 Å². The molecule has 2 aromatic rings. The van der Waals surface area contributed by atoms with E-state index < -0.39 is 53.1 Å². The van der Waals surface area contributed by atoms with E-state index in [4.69, 9.17) is 4.74 Å². The molecule has 45 heavy (non-hydrogen) atoms. The summed E-state index contributed by atoms with van der Waals surface area (Å²) in [7, 11) is 0. The number of hydrogen-bond donors (Lipinski definition) is 0. The lowest BCUT2D eigenvalue weighted by Crippen LogP contribution is -2.39. The summed E-state index contributed by atoms with van der Waals surface area (Å²) < 4.78 is 120. The van der Waals surface area contributed by atoms with Crippen molar-refractivity contribution in [2.24, 2.45) is 17.8 Å². The van der Waals surface area contributed by atoms with Crippen LogP contribution in [-0.4, -0.2) is 12.2 Å². The van der Waals surface area contributed by atoms with Crippen LogP contribution < -0.4 is 0 Å². The van der Waals surface area contributed by atoms with E-state index in [0.717, 1.165) is 43.9 Å². The van der Waals surface area contributed by atoms with Gasteiger partial charge in [-0.2, -0.15) is 8.78 Å². The maximum atomic E-state index is 15.2. The summed E-state index contributed by atoms with van der Waals surface area (Å²) in [6, 6.07) is 6.06. The molecule has 248 valence electrons. The van der Waals surface area contributed by atoms with Gasteiger partial charge in [-0.25, -0.2) is 26.3 Å². The number of benzene rings is 2. The Labute approximate surface area is 260 Å². The van der Waals surface area contributed by atoms with E-state index in [1.165, 1.54) is 6.07 Å². The first kappa shape index (κ1) is 33.9. The number of ether oxygens (including phenoxy) is 1. The summed E-state index contributed by atoms with van der Waals surface area (Å²) in [5, 5.41) is 0. The fourth-order valence-corrected chi connectivity index (χ4v) is 7.95. The average molecular weight is 643 g/mol. The highest BCUT2D eigenvalue weighted by molar-refractivity contribution is 5.61. The second-order valence-electron chi connectivity index (χ2n) is 13.4. The zero-order valence-corrected chi connectivity index (χ0v) is 25.7. The van der Waals surface area contributed by atoms with Gasteiger partial charge in [0.15, 0.2) is 23.3 Å². The quantitative estimate of drug-likeness (QED) is 0.195. The van der Waals surface area contributed by atoms with Gasteiger partial charge in [0.2, 0.25) is 0 Å². The molecular formula is C36H42F8O. The molecule has 0 atom stereocenters. The molecule has 3 aliphatic rings. The van der Waals surface area contributed by atoms with Gasteiger partial charge in [-0.1, -0.05) is 19.1 Å². The Morgan fingerprint density at radius 3 is 1.82 bits per heavy atom. The highest BCUT2D eigenvalue weighted by Gasteiger charge is 2.46. The SMILES string of the molecule is CCC/C(F)=C(\F)c1ccc(C2CCC(C3CCC(C(F)(F)OC4CCC(c5cc(F)c(F)c(F)c5)CC4)CC3)CC2)c(F)c1. The monoisotopic (exact) mass is 642 g/mol. The lowest BCUT2D eigenvalue weighted by Gasteiger charge is -2.40. The van der Waals surface area contributed by atoms with Crippen LogP contribution in [0.5, 0.6) is 0 Å². The topological polar surface area (TPSA) is 9.23 Å². The minimum atomic E-state index is -3.26. The molecule has 0 radical (unpaired) electrons. The molecule has 3 aliphatic carbocycles. The molecule has 3 saturated carbocycles.